The van der Waals surface area contributed by atoms with Gasteiger partial charge in [-0.25, -0.2) is 0 Å². The molecule has 5 heteroatoms. The van der Waals surface area contributed by atoms with E-state index in [9.17, 15) is 9.90 Å². The van der Waals surface area contributed by atoms with Gasteiger partial charge < -0.3 is 14.9 Å². The van der Waals surface area contributed by atoms with Crippen molar-refractivity contribution in [1.82, 2.24) is 4.98 Å². The first-order valence-electron chi connectivity index (χ1n) is 8.44. The molecule has 0 spiro atoms. The Labute approximate surface area is 151 Å². The van der Waals surface area contributed by atoms with Gasteiger partial charge in [0.1, 0.15) is 12.4 Å². The van der Waals surface area contributed by atoms with Gasteiger partial charge in [0.2, 0.25) is 0 Å². The molecule has 0 fully saturated rings. The van der Waals surface area contributed by atoms with Gasteiger partial charge in [-0.15, -0.1) is 0 Å². The van der Waals surface area contributed by atoms with E-state index in [-0.39, 0.29) is 0 Å². The van der Waals surface area contributed by atoms with Gasteiger partial charge in [0.15, 0.2) is 0 Å². The number of pyridine rings is 1. The highest BCUT2D eigenvalue weighted by Crippen LogP contribution is 2.25. The highest BCUT2D eigenvalue weighted by Gasteiger charge is 2.22. The van der Waals surface area contributed by atoms with Crippen LogP contribution in [0.2, 0.25) is 0 Å². The van der Waals surface area contributed by atoms with E-state index in [4.69, 9.17) is 9.84 Å². The zero-order valence-electron chi connectivity index (χ0n) is 14.7. The van der Waals surface area contributed by atoms with Crippen molar-refractivity contribution < 1.29 is 19.7 Å². The first-order chi connectivity index (χ1) is 12.5. The van der Waals surface area contributed by atoms with E-state index in [1.165, 1.54) is 6.92 Å². The molecule has 0 aliphatic carbocycles. The fraction of sp³-hybridized carbons (Fsp3) is 0.238. The van der Waals surface area contributed by atoms with Crippen molar-refractivity contribution in [2.24, 2.45) is 5.92 Å². The minimum absolute atomic E-state index is 0.400. The molecule has 0 bridgehead atoms. The smallest absolute Gasteiger partial charge is 0.309 e. The lowest BCUT2D eigenvalue weighted by Crippen LogP contribution is -2.18. The number of aromatic nitrogens is 1. The second-order valence-electron chi connectivity index (χ2n) is 6.37. The molecule has 2 atom stereocenters. The molecule has 2 N–H and O–H groups in total. The molecule has 0 aliphatic heterocycles. The Morgan fingerprint density at radius 2 is 1.85 bits per heavy atom. The molecule has 0 saturated carbocycles. The van der Waals surface area contributed by atoms with E-state index in [1.54, 1.807) is 24.3 Å². The number of aliphatic hydroxyl groups excluding tert-OH is 1. The minimum Gasteiger partial charge on any atom is -0.489 e. The first-order valence-corrected chi connectivity index (χ1v) is 8.44. The van der Waals surface area contributed by atoms with Crippen LogP contribution in [0.5, 0.6) is 5.75 Å². The number of aliphatic hydroxyl groups is 1. The molecule has 3 rings (SSSR count). The van der Waals surface area contributed by atoms with Crippen molar-refractivity contribution in [2.75, 3.05) is 0 Å². The van der Waals surface area contributed by atoms with Gasteiger partial charge in [0.25, 0.3) is 0 Å². The number of carbonyl (C=O) groups is 1. The Morgan fingerprint density at radius 3 is 2.54 bits per heavy atom. The number of para-hydroxylation sites is 1. The summed E-state index contributed by atoms with van der Waals surface area (Å²) in [7, 11) is 0. The van der Waals surface area contributed by atoms with E-state index >= 15 is 0 Å². The maximum atomic E-state index is 11.0. The third-order valence-corrected chi connectivity index (χ3v) is 4.41. The lowest BCUT2D eigenvalue weighted by molar-refractivity contribution is -0.145. The number of carboxylic acid groups (broad SMARTS) is 1. The number of benzene rings is 2. The van der Waals surface area contributed by atoms with Gasteiger partial charge in [0, 0.05) is 16.6 Å². The van der Waals surface area contributed by atoms with Gasteiger partial charge >= 0.3 is 5.97 Å². The number of hydrogen-bond acceptors (Lipinski definition) is 4. The Balaban J connectivity index is 1.74. The normalized spacial score (nSPS) is 13.3. The molecular weight excluding hydrogens is 330 g/mol. The van der Waals surface area contributed by atoms with Gasteiger partial charge in [-0.3, -0.25) is 9.78 Å². The van der Waals surface area contributed by atoms with Crippen molar-refractivity contribution in [2.45, 2.75) is 26.6 Å². The standard InChI is InChI=1S/C21H21NO4/c1-13-11-16(18-5-3-4-6-19(18)22-13)12-26-17-9-7-15(8-10-17)20(23)14(2)21(24)25/h3-11,14,20,23H,12H2,1-2H3,(H,24,25). The van der Waals surface area contributed by atoms with E-state index in [0.29, 0.717) is 17.9 Å². The van der Waals surface area contributed by atoms with Gasteiger partial charge in [-0.2, -0.15) is 0 Å². The number of aliphatic carboxylic acids is 1. The quantitative estimate of drug-likeness (QED) is 0.704. The maximum absolute atomic E-state index is 11.0. The largest absolute Gasteiger partial charge is 0.489 e. The van der Waals surface area contributed by atoms with E-state index < -0.39 is 18.0 Å². The van der Waals surface area contributed by atoms with Crippen LogP contribution in [-0.4, -0.2) is 21.2 Å². The molecule has 0 saturated heterocycles. The third-order valence-electron chi connectivity index (χ3n) is 4.41. The summed E-state index contributed by atoms with van der Waals surface area (Å²) in [4.78, 5) is 15.5. The van der Waals surface area contributed by atoms with E-state index in [1.807, 2.05) is 37.3 Å². The topological polar surface area (TPSA) is 79.7 Å². The molecule has 26 heavy (non-hydrogen) atoms. The molecule has 5 nitrogen and oxygen atoms in total. The molecule has 1 heterocycles. The van der Waals surface area contributed by atoms with Crippen LogP contribution in [0.4, 0.5) is 0 Å². The van der Waals surface area contributed by atoms with Crippen LogP contribution in [0.3, 0.4) is 0 Å². The summed E-state index contributed by atoms with van der Waals surface area (Å²) in [5.74, 6) is -1.24. The minimum atomic E-state index is -1.05. The molecule has 1 aromatic heterocycles. The zero-order chi connectivity index (χ0) is 18.7. The second-order valence-corrected chi connectivity index (χ2v) is 6.37. The highest BCUT2D eigenvalue weighted by molar-refractivity contribution is 5.82. The van der Waals surface area contributed by atoms with Crippen LogP contribution in [0.25, 0.3) is 10.9 Å². The summed E-state index contributed by atoms with van der Waals surface area (Å²) in [5.41, 5.74) is 3.48. The summed E-state index contributed by atoms with van der Waals surface area (Å²) in [6.45, 7) is 3.83. The first kappa shape index (κ1) is 17.9. The van der Waals surface area contributed by atoms with Crippen LogP contribution < -0.4 is 4.74 Å². The van der Waals surface area contributed by atoms with Crippen LogP contribution in [-0.2, 0) is 11.4 Å². The fourth-order valence-electron chi connectivity index (χ4n) is 2.86. The van der Waals surface area contributed by atoms with Crippen LogP contribution in [0.1, 0.15) is 29.8 Å². The van der Waals surface area contributed by atoms with Crippen molar-refractivity contribution in [3.63, 3.8) is 0 Å². The van der Waals surface area contributed by atoms with Gasteiger partial charge in [-0.05, 0) is 43.7 Å². The Morgan fingerprint density at radius 1 is 1.15 bits per heavy atom. The predicted octanol–water partition coefficient (Wildman–Crippen LogP) is 3.88. The number of ether oxygens (including phenoxy) is 1. The van der Waals surface area contributed by atoms with Crippen molar-refractivity contribution >= 4 is 16.9 Å². The number of fused-ring (bicyclic) bond motifs is 1. The number of hydrogen-bond donors (Lipinski definition) is 2. The average Bonchev–Trinajstić information content (AvgIpc) is 2.65. The van der Waals surface area contributed by atoms with Gasteiger partial charge in [0.05, 0.1) is 17.5 Å². The molecule has 0 radical (unpaired) electrons. The van der Waals surface area contributed by atoms with Crippen LogP contribution in [0, 0.1) is 12.8 Å². The number of aryl methyl sites for hydroxylation is 1. The lowest BCUT2D eigenvalue weighted by Gasteiger charge is -2.16. The summed E-state index contributed by atoms with van der Waals surface area (Å²) >= 11 is 0. The Bertz CT molecular complexity index is 921. The maximum Gasteiger partial charge on any atom is 0.309 e. The molecule has 2 unspecified atom stereocenters. The molecule has 134 valence electrons. The van der Waals surface area contributed by atoms with Crippen LogP contribution in [0.15, 0.2) is 54.6 Å². The summed E-state index contributed by atoms with van der Waals surface area (Å²) < 4.78 is 5.87. The molecule has 0 aliphatic rings. The third kappa shape index (κ3) is 3.83. The fourth-order valence-corrected chi connectivity index (χ4v) is 2.86. The van der Waals surface area contributed by atoms with Crippen molar-refractivity contribution in [3.8, 4) is 5.75 Å². The zero-order valence-corrected chi connectivity index (χ0v) is 14.7. The van der Waals surface area contributed by atoms with E-state index in [0.717, 1.165) is 22.2 Å². The molecule has 3 aromatic rings. The van der Waals surface area contributed by atoms with Crippen LogP contribution >= 0.6 is 0 Å². The number of rotatable bonds is 6. The second kappa shape index (κ2) is 7.54. The molecule has 2 aromatic carbocycles. The lowest BCUT2D eigenvalue weighted by atomic mass is 9.98. The summed E-state index contributed by atoms with van der Waals surface area (Å²) in [6.07, 6.45) is -1.05. The van der Waals surface area contributed by atoms with Crippen molar-refractivity contribution in [3.05, 3.63) is 71.4 Å². The molecule has 0 amide bonds. The number of nitrogens with zero attached hydrogens (tertiary/aromatic N) is 1. The number of carboxylic acids is 1. The van der Waals surface area contributed by atoms with E-state index in [2.05, 4.69) is 4.98 Å². The Kier molecular flexibility index (Phi) is 5.19. The summed E-state index contributed by atoms with van der Waals surface area (Å²) in [5, 5.41) is 20.1. The average molecular weight is 351 g/mol. The SMILES string of the molecule is Cc1cc(COc2ccc(C(O)C(C)C(=O)O)cc2)c2ccccc2n1. The highest BCUT2D eigenvalue weighted by atomic mass is 16.5. The summed E-state index contributed by atoms with van der Waals surface area (Å²) in [6, 6.07) is 16.8. The van der Waals surface area contributed by atoms with Gasteiger partial charge in [-0.1, -0.05) is 30.3 Å². The predicted molar refractivity (Wildman–Crippen MR) is 99.0 cm³/mol. The van der Waals surface area contributed by atoms with Crippen molar-refractivity contribution in [1.29, 1.82) is 0 Å². The monoisotopic (exact) mass is 351 g/mol. The molecular formula is C21H21NO4. The Hall–Kier alpha value is -2.92.